The quantitative estimate of drug-likeness (QED) is 0.567. The topological polar surface area (TPSA) is 106 Å². The van der Waals surface area contributed by atoms with Gasteiger partial charge in [-0.3, -0.25) is 4.68 Å². The molecule has 1 aliphatic heterocycles. The van der Waals surface area contributed by atoms with Crippen molar-refractivity contribution >= 4 is 18.0 Å². The number of nitrogens with two attached hydrogens (primary N) is 1. The van der Waals surface area contributed by atoms with E-state index in [4.69, 9.17) is 15.9 Å². The zero-order valence-corrected chi connectivity index (χ0v) is 17.9. The van der Waals surface area contributed by atoms with Crippen LogP contribution in [0.4, 0.5) is 20.5 Å². The van der Waals surface area contributed by atoms with Gasteiger partial charge in [0.2, 0.25) is 5.95 Å². The summed E-state index contributed by atoms with van der Waals surface area (Å²) in [4.78, 5) is 10.8. The minimum absolute atomic E-state index is 0.0511. The van der Waals surface area contributed by atoms with E-state index in [-0.39, 0.29) is 34.8 Å². The van der Waals surface area contributed by atoms with Crippen LogP contribution in [0.3, 0.4) is 0 Å². The number of aromatic nitrogens is 4. The molecule has 1 aliphatic rings. The van der Waals surface area contributed by atoms with Gasteiger partial charge in [0.05, 0.1) is 30.1 Å². The Morgan fingerprint density at radius 1 is 1.28 bits per heavy atom. The van der Waals surface area contributed by atoms with Gasteiger partial charge in [-0.25, -0.2) is 13.8 Å². The van der Waals surface area contributed by atoms with Crippen LogP contribution >= 0.6 is 0 Å². The summed E-state index contributed by atoms with van der Waals surface area (Å²) < 4.78 is 35.9. The molecule has 168 valence electrons. The van der Waals surface area contributed by atoms with Crippen molar-refractivity contribution in [3.8, 4) is 11.3 Å². The van der Waals surface area contributed by atoms with E-state index >= 15 is 0 Å². The molecule has 3 heterocycles. The summed E-state index contributed by atoms with van der Waals surface area (Å²) in [5.41, 5.74) is 7.43. The SMILES string of the molecule is CCCn1cc(C2CN(c3nc(N)c(C=N)c(-c4ccc(F)cc4F)n3)CC(C)O2)cn1. The molecule has 1 fully saturated rings. The third kappa shape index (κ3) is 4.31. The van der Waals surface area contributed by atoms with Crippen molar-refractivity contribution in [2.24, 2.45) is 0 Å². The van der Waals surface area contributed by atoms with Crippen LogP contribution < -0.4 is 10.6 Å². The molecule has 8 nitrogen and oxygen atoms in total. The molecule has 0 saturated carbocycles. The summed E-state index contributed by atoms with van der Waals surface area (Å²) in [6, 6.07) is 3.21. The van der Waals surface area contributed by atoms with Gasteiger partial charge in [-0.15, -0.1) is 0 Å². The average Bonchev–Trinajstić information content (AvgIpc) is 3.22. The van der Waals surface area contributed by atoms with Gasteiger partial charge in [-0.1, -0.05) is 6.92 Å². The Bertz CT molecular complexity index is 1130. The Hall–Kier alpha value is -3.40. The number of morpholine rings is 1. The van der Waals surface area contributed by atoms with E-state index in [9.17, 15) is 8.78 Å². The molecule has 1 aromatic carbocycles. The number of nitrogens with one attached hydrogen (secondary N) is 1. The molecule has 0 spiro atoms. The lowest BCUT2D eigenvalue weighted by atomic mass is 10.1. The van der Waals surface area contributed by atoms with E-state index < -0.39 is 11.6 Å². The molecule has 1 saturated heterocycles. The summed E-state index contributed by atoms with van der Waals surface area (Å²) in [6.45, 7) is 5.82. The zero-order valence-electron chi connectivity index (χ0n) is 17.9. The number of aryl methyl sites for hydroxylation is 1. The predicted molar refractivity (Wildman–Crippen MR) is 118 cm³/mol. The Labute approximate surface area is 184 Å². The summed E-state index contributed by atoms with van der Waals surface area (Å²) in [6.07, 6.45) is 5.35. The van der Waals surface area contributed by atoms with E-state index in [2.05, 4.69) is 22.0 Å². The molecule has 3 N–H and O–H groups in total. The standard InChI is InChI=1S/C22H25F2N7O/c1-3-6-31-11-14(9-27-31)19-12-30(10-13(2)32-19)22-28-20(17(8-25)21(26)29-22)16-5-4-15(23)7-18(16)24/h4-5,7-9,11,13,19,25H,3,6,10,12H2,1-2H3,(H2,26,28,29). The molecule has 2 atom stereocenters. The van der Waals surface area contributed by atoms with Crippen LogP contribution in [0.1, 0.15) is 37.5 Å². The molecule has 3 aromatic rings. The minimum atomic E-state index is -0.784. The lowest BCUT2D eigenvalue weighted by Crippen LogP contribution is -2.43. The Kier molecular flexibility index (Phi) is 6.13. The lowest BCUT2D eigenvalue weighted by Gasteiger charge is -2.36. The largest absolute Gasteiger partial charge is 0.383 e. The number of ether oxygens (including phenoxy) is 1. The van der Waals surface area contributed by atoms with Gasteiger partial charge in [0.25, 0.3) is 0 Å². The first-order valence-electron chi connectivity index (χ1n) is 10.5. The van der Waals surface area contributed by atoms with Crippen LogP contribution in [-0.4, -0.2) is 45.2 Å². The number of anilines is 2. The molecule has 0 bridgehead atoms. The van der Waals surface area contributed by atoms with Gasteiger partial charge < -0.3 is 20.8 Å². The first-order valence-corrected chi connectivity index (χ1v) is 10.5. The van der Waals surface area contributed by atoms with Crippen molar-refractivity contribution in [3.63, 3.8) is 0 Å². The van der Waals surface area contributed by atoms with Crippen LogP contribution in [0.15, 0.2) is 30.6 Å². The smallest absolute Gasteiger partial charge is 0.228 e. The van der Waals surface area contributed by atoms with E-state index in [1.807, 2.05) is 22.7 Å². The fourth-order valence-electron chi connectivity index (χ4n) is 3.84. The van der Waals surface area contributed by atoms with Gasteiger partial charge in [0.15, 0.2) is 0 Å². The number of halogens is 2. The second-order valence-electron chi connectivity index (χ2n) is 7.82. The molecular weight excluding hydrogens is 416 g/mol. The highest BCUT2D eigenvalue weighted by Gasteiger charge is 2.30. The van der Waals surface area contributed by atoms with Crippen molar-refractivity contribution < 1.29 is 13.5 Å². The van der Waals surface area contributed by atoms with Crippen molar-refractivity contribution in [3.05, 3.63) is 53.4 Å². The summed E-state index contributed by atoms with van der Waals surface area (Å²) in [5, 5.41) is 12.1. The monoisotopic (exact) mass is 441 g/mol. The van der Waals surface area contributed by atoms with Gasteiger partial charge in [-0.05, 0) is 25.5 Å². The summed E-state index contributed by atoms with van der Waals surface area (Å²) >= 11 is 0. The fraction of sp³-hybridized carbons (Fsp3) is 0.364. The number of nitrogens with zero attached hydrogens (tertiary/aromatic N) is 5. The number of hydrogen-bond donors (Lipinski definition) is 2. The Balaban J connectivity index is 1.70. The number of hydrogen-bond acceptors (Lipinski definition) is 7. The van der Waals surface area contributed by atoms with Crippen molar-refractivity contribution in [2.45, 2.75) is 39.0 Å². The summed E-state index contributed by atoms with van der Waals surface area (Å²) in [7, 11) is 0. The predicted octanol–water partition coefficient (Wildman–Crippen LogP) is 3.57. The lowest BCUT2D eigenvalue weighted by molar-refractivity contribution is -0.0179. The van der Waals surface area contributed by atoms with Crippen LogP contribution in [0.2, 0.25) is 0 Å². The minimum Gasteiger partial charge on any atom is -0.383 e. The Morgan fingerprint density at radius 3 is 2.81 bits per heavy atom. The number of nitrogen functional groups attached to an aromatic ring is 1. The van der Waals surface area contributed by atoms with Gasteiger partial charge in [0, 0.05) is 42.7 Å². The molecular formula is C22H25F2N7O. The maximum atomic E-state index is 14.5. The molecule has 2 unspecified atom stereocenters. The maximum absolute atomic E-state index is 14.5. The van der Waals surface area contributed by atoms with Crippen molar-refractivity contribution in [1.82, 2.24) is 19.7 Å². The molecule has 0 amide bonds. The van der Waals surface area contributed by atoms with Gasteiger partial charge >= 0.3 is 0 Å². The normalized spacial score (nSPS) is 18.7. The number of benzene rings is 1. The van der Waals surface area contributed by atoms with Crippen LogP contribution in [0.5, 0.6) is 0 Å². The van der Waals surface area contributed by atoms with Crippen LogP contribution in [0, 0.1) is 17.0 Å². The van der Waals surface area contributed by atoms with Crippen LogP contribution in [-0.2, 0) is 11.3 Å². The maximum Gasteiger partial charge on any atom is 0.228 e. The first-order chi connectivity index (χ1) is 15.4. The van der Waals surface area contributed by atoms with E-state index in [0.717, 1.165) is 36.9 Å². The molecule has 0 radical (unpaired) electrons. The first kappa shape index (κ1) is 21.8. The third-order valence-corrected chi connectivity index (χ3v) is 5.31. The number of rotatable bonds is 6. The van der Waals surface area contributed by atoms with Crippen LogP contribution in [0.25, 0.3) is 11.3 Å². The fourth-order valence-corrected chi connectivity index (χ4v) is 3.84. The van der Waals surface area contributed by atoms with E-state index in [0.29, 0.717) is 19.0 Å². The van der Waals surface area contributed by atoms with Gasteiger partial charge in [-0.2, -0.15) is 10.1 Å². The Morgan fingerprint density at radius 2 is 2.09 bits per heavy atom. The highest BCUT2D eigenvalue weighted by Crippen LogP contribution is 2.32. The zero-order chi connectivity index (χ0) is 22.8. The third-order valence-electron chi connectivity index (χ3n) is 5.31. The van der Waals surface area contributed by atoms with E-state index in [1.165, 1.54) is 6.07 Å². The average molecular weight is 441 g/mol. The summed E-state index contributed by atoms with van der Waals surface area (Å²) in [5.74, 6) is -1.13. The second-order valence-corrected chi connectivity index (χ2v) is 7.82. The van der Waals surface area contributed by atoms with E-state index in [1.54, 1.807) is 6.20 Å². The second kappa shape index (κ2) is 8.99. The molecule has 0 aliphatic carbocycles. The highest BCUT2D eigenvalue weighted by molar-refractivity contribution is 5.92. The molecule has 10 heteroatoms. The van der Waals surface area contributed by atoms with Crippen molar-refractivity contribution in [1.29, 1.82) is 5.41 Å². The highest BCUT2D eigenvalue weighted by atomic mass is 19.1. The molecule has 32 heavy (non-hydrogen) atoms. The molecule has 4 rings (SSSR count). The van der Waals surface area contributed by atoms with Crippen molar-refractivity contribution in [2.75, 3.05) is 23.7 Å². The molecule has 2 aromatic heterocycles. The van der Waals surface area contributed by atoms with Gasteiger partial charge in [0.1, 0.15) is 23.6 Å².